The number of pyridine rings is 2. The van der Waals surface area contributed by atoms with Gasteiger partial charge in [0.25, 0.3) is 5.91 Å². The summed E-state index contributed by atoms with van der Waals surface area (Å²) in [6.45, 7) is 4.61. The molecule has 154 valence electrons. The van der Waals surface area contributed by atoms with Gasteiger partial charge in [-0.05, 0) is 56.7 Å². The van der Waals surface area contributed by atoms with Crippen LogP contribution in [-0.2, 0) is 0 Å². The molecule has 2 aliphatic heterocycles. The molecule has 2 saturated heterocycles. The molecule has 5 heterocycles. The molecule has 2 bridgehead atoms. The molecule has 1 amide bonds. The first-order valence-corrected chi connectivity index (χ1v) is 10.3. The third-order valence-electron chi connectivity index (χ3n) is 5.99. The van der Waals surface area contributed by atoms with Crippen molar-refractivity contribution in [1.29, 1.82) is 0 Å². The summed E-state index contributed by atoms with van der Waals surface area (Å²) in [5, 5.41) is 8.38. The second-order valence-electron chi connectivity index (χ2n) is 8.17. The number of carbonyl (C=O) groups is 1. The normalized spacial score (nSPS) is 22.9. The minimum atomic E-state index is -0.0918. The van der Waals surface area contributed by atoms with E-state index in [0.717, 1.165) is 37.1 Å². The first-order chi connectivity index (χ1) is 14.6. The van der Waals surface area contributed by atoms with Crippen LogP contribution in [0.5, 0.6) is 5.88 Å². The average Bonchev–Trinajstić information content (AvgIpc) is 3.30. The molecule has 30 heavy (non-hydrogen) atoms. The minimum Gasteiger partial charge on any atom is -0.472 e. The molecule has 3 aliphatic rings. The van der Waals surface area contributed by atoms with E-state index in [1.807, 2.05) is 43.0 Å². The summed E-state index contributed by atoms with van der Waals surface area (Å²) in [4.78, 5) is 26.0. The fraction of sp³-hybridized carbons (Fsp3) is 0.409. The molecule has 6 rings (SSSR count). The van der Waals surface area contributed by atoms with E-state index in [1.54, 1.807) is 18.6 Å². The SMILES string of the molecule is Cc1ccc(O[C@@H]2CC3CC[C@@H]2N(C(=O)c2nc(C)ccc2-n2nccn2)C3)nc1. The number of aromatic nitrogens is 5. The summed E-state index contributed by atoms with van der Waals surface area (Å²) in [5.74, 6) is 0.942. The van der Waals surface area contributed by atoms with Gasteiger partial charge in [-0.2, -0.15) is 10.2 Å². The Morgan fingerprint density at radius 1 is 1.10 bits per heavy atom. The van der Waals surface area contributed by atoms with Gasteiger partial charge < -0.3 is 9.64 Å². The molecule has 3 atom stereocenters. The van der Waals surface area contributed by atoms with E-state index in [4.69, 9.17) is 4.74 Å². The minimum absolute atomic E-state index is 0.00588. The van der Waals surface area contributed by atoms with E-state index in [2.05, 4.69) is 20.2 Å². The van der Waals surface area contributed by atoms with Crippen LogP contribution in [0, 0.1) is 19.8 Å². The van der Waals surface area contributed by atoms with Crippen molar-refractivity contribution in [3.8, 4) is 11.6 Å². The first kappa shape index (κ1) is 18.7. The number of aryl methyl sites for hydroxylation is 2. The van der Waals surface area contributed by atoms with Crippen LogP contribution in [-0.4, -0.2) is 54.5 Å². The maximum Gasteiger partial charge on any atom is 0.275 e. The monoisotopic (exact) mass is 404 g/mol. The van der Waals surface area contributed by atoms with Crippen LogP contribution < -0.4 is 4.74 Å². The fourth-order valence-electron chi connectivity index (χ4n) is 4.52. The summed E-state index contributed by atoms with van der Waals surface area (Å²) in [7, 11) is 0. The molecule has 8 heteroatoms. The number of piperidine rings is 2. The van der Waals surface area contributed by atoms with Crippen LogP contribution in [0.25, 0.3) is 5.69 Å². The summed E-state index contributed by atoms with van der Waals surface area (Å²) in [6.07, 6.45) is 7.91. The predicted molar refractivity (Wildman–Crippen MR) is 109 cm³/mol. The van der Waals surface area contributed by atoms with Gasteiger partial charge >= 0.3 is 0 Å². The zero-order chi connectivity index (χ0) is 20.7. The summed E-state index contributed by atoms with van der Waals surface area (Å²) in [6, 6.07) is 7.61. The largest absolute Gasteiger partial charge is 0.472 e. The van der Waals surface area contributed by atoms with Crippen molar-refractivity contribution < 1.29 is 9.53 Å². The van der Waals surface area contributed by atoms with Crippen LogP contribution in [0.4, 0.5) is 0 Å². The summed E-state index contributed by atoms with van der Waals surface area (Å²) in [5.41, 5.74) is 2.85. The highest BCUT2D eigenvalue weighted by atomic mass is 16.5. The number of carbonyl (C=O) groups excluding carboxylic acids is 1. The van der Waals surface area contributed by atoms with Crippen LogP contribution in [0.3, 0.4) is 0 Å². The molecule has 0 spiro atoms. The van der Waals surface area contributed by atoms with Gasteiger partial charge in [0.05, 0.1) is 18.4 Å². The van der Waals surface area contributed by atoms with Crippen molar-refractivity contribution >= 4 is 5.91 Å². The number of fused-ring (bicyclic) bond motifs is 3. The second kappa shape index (κ2) is 7.51. The van der Waals surface area contributed by atoms with Crippen molar-refractivity contribution in [2.24, 2.45) is 5.92 Å². The van der Waals surface area contributed by atoms with Crippen molar-refractivity contribution in [3.63, 3.8) is 0 Å². The molecule has 3 aromatic rings. The Hall–Kier alpha value is -3.29. The molecule has 1 aliphatic carbocycles. The van der Waals surface area contributed by atoms with Crippen molar-refractivity contribution in [2.75, 3.05) is 6.54 Å². The Labute approximate surface area is 174 Å². The van der Waals surface area contributed by atoms with E-state index >= 15 is 0 Å². The zero-order valence-corrected chi connectivity index (χ0v) is 17.1. The molecule has 8 nitrogen and oxygen atoms in total. The molecular weight excluding hydrogens is 380 g/mol. The maximum atomic E-state index is 13.6. The Kier molecular flexibility index (Phi) is 4.69. The topological polar surface area (TPSA) is 86.0 Å². The van der Waals surface area contributed by atoms with Gasteiger partial charge in [-0.25, -0.2) is 9.97 Å². The second-order valence-corrected chi connectivity index (χ2v) is 8.17. The molecule has 0 N–H and O–H groups in total. The van der Waals surface area contributed by atoms with Crippen LogP contribution >= 0.6 is 0 Å². The van der Waals surface area contributed by atoms with Crippen molar-refractivity contribution in [2.45, 2.75) is 45.3 Å². The predicted octanol–water partition coefficient (Wildman–Crippen LogP) is 2.75. The van der Waals surface area contributed by atoms with E-state index < -0.39 is 0 Å². The Balaban J connectivity index is 1.44. The number of amides is 1. The number of rotatable bonds is 4. The smallest absolute Gasteiger partial charge is 0.275 e. The van der Waals surface area contributed by atoms with E-state index in [-0.39, 0.29) is 18.1 Å². The van der Waals surface area contributed by atoms with Gasteiger partial charge in [0.2, 0.25) is 5.88 Å². The molecular formula is C22H24N6O2. The maximum absolute atomic E-state index is 13.6. The van der Waals surface area contributed by atoms with Crippen molar-refractivity contribution in [1.82, 2.24) is 29.9 Å². The molecule has 3 aromatic heterocycles. The van der Waals surface area contributed by atoms with Gasteiger partial charge in [-0.1, -0.05) is 6.07 Å². The highest BCUT2D eigenvalue weighted by molar-refractivity contribution is 5.96. The highest BCUT2D eigenvalue weighted by Gasteiger charge is 2.45. The fourth-order valence-corrected chi connectivity index (χ4v) is 4.52. The van der Waals surface area contributed by atoms with Gasteiger partial charge in [0.1, 0.15) is 11.8 Å². The lowest BCUT2D eigenvalue weighted by Gasteiger charge is -2.49. The Morgan fingerprint density at radius 3 is 2.67 bits per heavy atom. The summed E-state index contributed by atoms with van der Waals surface area (Å²) >= 11 is 0. The average molecular weight is 404 g/mol. The van der Waals surface area contributed by atoms with Gasteiger partial charge in [0, 0.05) is 24.5 Å². The number of hydrogen-bond donors (Lipinski definition) is 0. The highest BCUT2D eigenvalue weighted by Crippen LogP contribution is 2.38. The Morgan fingerprint density at radius 2 is 1.93 bits per heavy atom. The number of hydrogen-bond acceptors (Lipinski definition) is 6. The number of ether oxygens (including phenoxy) is 1. The molecule has 0 aromatic carbocycles. The lowest BCUT2D eigenvalue weighted by molar-refractivity contribution is -0.0316. The standard InChI is InChI=1S/C22H24N6O2/c1-14-3-8-20(23-12-14)30-19-11-16-5-7-17(19)27(13-16)22(29)21-18(6-4-15(2)26-21)28-24-9-10-25-28/h3-4,6,8-10,12,16-17,19H,5,7,11,13H2,1-2H3/t16?,17-,19+/m0/s1. The van der Waals surface area contributed by atoms with Crippen LogP contribution in [0.2, 0.25) is 0 Å². The Bertz CT molecular complexity index is 1050. The number of nitrogens with zero attached hydrogens (tertiary/aromatic N) is 6. The molecule has 0 radical (unpaired) electrons. The van der Waals surface area contributed by atoms with Gasteiger partial charge in [-0.3, -0.25) is 4.79 Å². The third kappa shape index (κ3) is 3.42. The van der Waals surface area contributed by atoms with Crippen LogP contribution in [0.1, 0.15) is 41.0 Å². The van der Waals surface area contributed by atoms with E-state index in [9.17, 15) is 4.79 Å². The molecule has 1 unspecified atom stereocenters. The van der Waals surface area contributed by atoms with Crippen LogP contribution in [0.15, 0.2) is 42.9 Å². The van der Waals surface area contributed by atoms with Gasteiger partial charge in [0.15, 0.2) is 5.69 Å². The van der Waals surface area contributed by atoms with Gasteiger partial charge in [-0.15, -0.1) is 4.80 Å². The van der Waals surface area contributed by atoms with Crippen molar-refractivity contribution in [3.05, 3.63) is 59.8 Å². The zero-order valence-electron chi connectivity index (χ0n) is 17.1. The third-order valence-corrected chi connectivity index (χ3v) is 5.99. The molecule has 1 saturated carbocycles. The molecule has 3 fully saturated rings. The van der Waals surface area contributed by atoms with E-state index in [0.29, 0.717) is 23.2 Å². The van der Waals surface area contributed by atoms with E-state index in [1.165, 1.54) is 4.80 Å². The summed E-state index contributed by atoms with van der Waals surface area (Å²) < 4.78 is 6.23. The lowest BCUT2D eigenvalue weighted by Crippen LogP contribution is -2.59. The first-order valence-electron chi connectivity index (χ1n) is 10.3. The quantitative estimate of drug-likeness (QED) is 0.665. The lowest BCUT2D eigenvalue weighted by atomic mass is 9.77.